The van der Waals surface area contributed by atoms with Crippen molar-refractivity contribution in [2.24, 2.45) is 0 Å². The molecule has 1 atom stereocenters. The Labute approximate surface area is 231 Å². The quantitative estimate of drug-likeness (QED) is 0.248. The van der Waals surface area contributed by atoms with Crippen molar-refractivity contribution in [1.82, 2.24) is 15.1 Å². The molecule has 8 nitrogen and oxygen atoms in total. The molecule has 1 amide bonds. The summed E-state index contributed by atoms with van der Waals surface area (Å²) in [6, 6.07) is 15.9. The molecule has 2 N–H and O–H groups in total. The van der Waals surface area contributed by atoms with Crippen LogP contribution >= 0.6 is 11.6 Å². The number of aryl methyl sites for hydroxylation is 1. The molecule has 1 aromatic heterocycles. The maximum absolute atomic E-state index is 13.8. The first-order chi connectivity index (χ1) is 18.9. The average Bonchev–Trinajstić information content (AvgIpc) is 3.48. The van der Waals surface area contributed by atoms with E-state index < -0.39 is 6.04 Å². The fraction of sp³-hybridized carbons (Fsp3) is 0.200. The third kappa shape index (κ3) is 4.79. The fourth-order valence-electron chi connectivity index (χ4n) is 4.82. The molecule has 0 bridgehead atoms. The maximum Gasteiger partial charge on any atom is 0.273 e. The number of ether oxygens (including phenoxy) is 3. The third-order valence-corrected chi connectivity index (χ3v) is 7.18. The predicted molar refractivity (Wildman–Crippen MR) is 149 cm³/mol. The van der Waals surface area contributed by atoms with E-state index in [0.29, 0.717) is 52.2 Å². The van der Waals surface area contributed by atoms with Crippen LogP contribution in [0.4, 0.5) is 0 Å². The molecule has 0 spiro atoms. The predicted octanol–water partition coefficient (Wildman–Crippen LogP) is 6.07. The number of aromatic nitrogens is 2. The lowest BCUT2D eigenvalue weighted by molar-refractivity contribution is 0.0730. The van der Waals surface area contributed by atoms with Crippen molar-refractivity contribution in [2.75, 3.05) is 20.8 Å². The Hall–Kier alpha value is -4.43. The van der Waals surface area contributed by atoms with Gasteiger partial charge in [0.1, 0.15) is 29.5 Å². The van der Waals surface area contributed by atoms with Crippen LogP contribution in [-0.4, -0.2) is 46.9 Å². The molecule has 5 rings (SSSR count). The van der Waals surface area contributed by atoms with E-state index in [-0.39, 0.29) is 11.7 Å². The largest absolute Gasteiger partial charge is 0.507 e. The number of halogens is 1. The standard InChI is InChI=1S/C30H28ClN3O5/c1-5-12-39-24-11-8-19(14-25(24)38-4)29-26-27(21-15-22(31)17(2)13-23(21)35)32-33-28(26)30(36)34(29)16-18-6-9-20(37-3)10-7-18/h5-11,13-15,29,35H,1,12,16H2,2-4H3,(H,32,33). The molecule has 9 heteroatoms. The first kappa shape index (κ1) is 26.2. The van der Waals surface area contributed by atoms with Crippen molar-refractivity contribution in [3.8, 4) is 34.3 Å². The molecule has 4 aromatic rings. The average molecular weight is 546 g/mol. The molecule has 1 aliphatic heterocycles. The van der Waals surface area contributed by atoms with E-state index in [0.717, 1.165) is 22.4 Å². The Kier molecular flexibility index (Phi) is 7.21. The zero-order valence-corrected chi connectivity index (χ0v) is 22.6. The lowest BCUT2D eigenvalue weighted by Crippen LogP contribution is -2.29. The first-order valence-electron chi connectivity index (χ1n) is 12.3. The van der Waals surface area contributed by atoms with Crippen LogP contribution in [0.3, 0.4) is 0 Å². The number of nitrogens with one attached hydrogen (secondary N) is 1. The monoisotopic (exact) mass is 545 g/mol. The Balaban J connectivity index is 1.65. The van der Waals surface area contributed by atoms with Crippen molar-refractivity contribution < 1.29 is 24.1 Å². The number of hydrogen-bond donors (Lipinski definition) is 2. The van der Waals surface area contributed by atoms with E-state index in [1.165, 1.54) is 0 Å². The molecule has 3 aromatic carbocycles. The van der Waals surface area contributed by atoms with Gasteiger partial charge in [-0.25, -0.2) is 0 Å². The summed E-state index contributed by atoms with van der Waals surface area (Å²) in [5.74, 6) is 1.62. The smallest absolute Gasteiger partial charge is 0.273 e. The number of phenols is 1. The minimum Gasteiger partial charge on any atom is -0.507 e. The fourth-order valence-corrected chi connectivity index (χ4v) is 4.98. The number of rotatable bonds is 9. The molecule has 2 heterocycles. The molecular weight excluding hydrogens is 518 g/mol. The van der Waals surface area contributed by atoms with E-state index in [1.54, 1.807) is 37.3 Å². The van der Waals surface area contributed by atoms with E-state index in [4.69, 9.17) is 25.8 Å². The molecule has 0 aliphatic carbocycles. The highest BCUT2D eigenvalue weighted by atomic mass is 35.5. The van der Waals surface area contributed by atoms with E-state index in [2.05, 4.69) is 16.8 Å². The van der Waals surface area contributed by atoms with Gasteiger partial charge >= 0.3 is 0 Å². The van der Waals surface area contributed by atoms with Crippen LogP contribution in [0.5, 0.6) is 23.0 Å². The van der Waals surface area contributed by atoms with Gasteiger partial charge in [0.05, 0.1) is 20.3 Å². The highest BCUT2D eigenvalue weighted by Gasteiger charge is 2.43. The number of H-pyrrole nitrogens is 1. The van der Waals surface area contributed by atoms with E-state index >= 15 is 0 Å². The summed E-state index contributed by atoms with van der Waals surface area (Å²) < 4.78 is 16.7. The number of aromatic amines is 1. The number of aromatic hydroxyl groups is 1. The second-order valence-corrected chi connectivity index (χ2v) is 9.58. The van der Waals surface area contributed by atoms with Gasteiger partial charge in [0, 0.05) is 22.7 Å². The van der Waals surface area contributed by atoms with E-state index in [1.807, 2.05) is 49.4 Å². The topological polar surface area (TPSA) is 96.9 Å². The summed E-state index contributed by atoms with van der Waals surface area (Å²) >= 11 is 6.42. The molecule has 200 valence electrons. The van der Waals surface area contributed by atoms with Gasteiger partial charge in [-0.1, -0.05) is 42.5 Å². The zero-order chi connectivity index (χ0) is 27.7. The second-order valence-electron chi connectivity index (χ2n) is 9.17. The van der Waals surface area contributed by atoms with Crippen LogP contribution in [0.1, 0.15) is 38.8 Å². The summed E-state index contributed by atoms with van der Waals surface area (Å²) in [4.78, 5) is 15.6. The minimum atomic E-state index is -0.537. The molecule has 1 aliphatic rings. The molecule has 1 unspecified atom stereocenters. The summed E-state index contributed by atoms with van der Waals surface area (Å²) in [6.07, 6.45) is 1.66. The number of methoxy groups -OCH3 is 2. The Morgan fingerprint density at radius 3 is 2.56 bits per heavy atom. The Bertz CT molecular complexity index is 1550. The summed E-state index contributed by atoms with van der Waals surface area (Å²) in [5, 5.41) is 18.7. The van der Waals surface area contributed by atoms with Gasteiger partial charge in [-0.2, -0.15) is 5.10 Å². The van der Waals surface area contributed by atoms with Crippen molar-refractivity contribution in [1.29, 1.82) is 0 Å². The number of hydrogen-bond acceptors (Lipinski definition) is 6. The van der Waals surface area contributed by atoms with Crippen molar-refractivity contribution in [2.45, 2.75) is 19.5 Å². The van der Waals surface area contributed by atoms with Gasteiger partial charge in [0.25, 0.3) is 5.91 Å². The number of carbonyl (C=O) groups excluding carboxylic acids is 1. The minimum absolute atomic E-state index is 0.0248. The van der Waals surface area contributed by atoms with E-state index in [9.17, 15) is 9.90 Å². The number of fused-ring (bicyclic) bond motifs is 1. The molecule has 0 saturated heterocycles. The molecular formula is C30H28ClN3O5. The SMILES string of the molecule is C=CCOc1ccc(C2c3c(-c4cc(Cl)c(C)cc4O)n[nH]c3C(=O)N2Cc2ccc(OC)cc2)cc1OC. The number of amides is 1. The molecule has 0 saturated carbocycles. The zero-order valence-electron chi connectivity index (χ0n) is 21.8. The molecule has 39 heavy (non-hydrogen) atoms. The highest BCUT2D eigenvalue weighted by Crippen LogP contribution is 2.47. The van der Waals surface area contributed by atoms with Gasteiger partial charge in [-0.15, -0.1) is 0 Å². The Morgan fingerprint density at radius 1 is 1.10 bits per heavy atom. The summed E-state index contributed by atoms with van der Waals surface area (Å²) in [5.41, 5.74) is 4.33. The Morgan fingerprint density at radius 2 is 1.87 bits per heavy atom. The van der Waals surface area contributed by atoms with Gasteiger partial charge in [0.15, 0.2) is 11.5 Å². The highest BCUT2D eigenvalue weighted by molar-refractivity contribution is 6.31. The second kappa shape index (κ2) is 10.7. The maximum atomic E-state index is 13.8. The van der Waals surface area contributed by atoms with Crippen LogP contribution in [0.2, 0.25) is 5.02 Å². The molecule has 0 fully saturated rings. The lowest BCUT2D eigenvalue weighted by atomic mass is 9.94. The normalized spacial score (nSPS) is 14.3. The van der Waals surface area contributed by atoms with Crippen LogP contribution < -0.4 is 14.2 Å². The number of carbonyl (C=O) groups is 1. The van der Waals surface area contributed by atoms with Crippen molar-refractivity contribution in [3.63, 3.8) is 0 Å². The van der Waals surface area contributed by atoms with Crippen LogP contribution in [0, 0.1) is 6.92 Å². The lowest BCUT2D eigenvalue weighted by Gasteiger charge is -2.27. The van der Waals surface area contributed by atoms with Crippen molar-refractivity contribution >= 4 is 17.5 Å². The summed E-state index contributed by atoms with van der Waals surface area (Å²) in [6.45, 7) is 6.16. The third-order valence-electron chi connectivity index (χ3n) is 6.77. The van der Waals surface area contributed by atoms with Crippen LogP contribution in [0.15, 0.2) is 67.3 Å². The molecule has 0 radical (unpaired) electrons. The van der Waals surface area contributed by atoms with Gasteiger partial charge in [-0.05, 0) is 60.0 Å². The van der Waals surface area contributed by atoms with Gasteiger partial charge in [-0.3, -0.25) is 9.89 Å². The first-order valence-corrected chi connectivity index (χ1v) is 12.7. The van der Waals surface area contributed by atoms with Crippen LogP contribution in [0.25, 0.3) is 11.3 Å². The van der Waals surface area contributed by atoms with Gasteiger partial charge in [0.2, 0.25) is 0 Å². The number of nitrogens with zero attached hydrogens (tertiary/aromatic N) is 2. The number of benzene rings is 3. The number of phenolic OH excluding ortho intramolecular Hbond substituents is 1. The van der Waals surface area contributed by atoms with Crippen molar-refractivity contribution in [3.05, 3.63) is 100 Å². The summed E-state index contributed by atoms with van der Waals surface area (Å²) in [7, 11) is 3.18. The van der Waals surface area contributed by atoms with Gasteiger partial charge < -0.3 is 24.2 Å². The van der Waals surface area contributed by atoms with Crippen LogP contribution in [-0.2, 0) is 6.54 Å².